The quantitative estimate of drug-likeness (QED) is 0.656. The van der Waals surface area contributed by atoms with Crippen molar-refractivity contribution in [1.82, 2.24) is 10.2 Å². The second kappa shape index (κ2) is 7.16. The molecular formula is C29H29N3O2. The van der Waals surface area contributed by atoms with Crippen molar-refractivity contribution in [3.8, 4) is 0 Å². The van der Waals surface area contributed by atoms with Gasteiger partial charge in [0.2, 0.25) is 11.8 Å². The van der Waals surface area contributed by atoms with E-state index >= 15 is 0 Å². The van der Waals surface area contributed by atoms with Gasteiger partial charge in [-0.25, -0.2) is 0 Å². The number of piperidine rings is 1. The average molecular weight is 452 g/mol. The van der Waals surface area contributed by atoms with E-state index in [1.54, 1.807) is 7.05 Å². The molecule has 5 nitrogen and oxygen atoms in total. The van der Waals surface area contributed by atoms with Gasteiger partial charge in [-0.2, -0.15) is 0 Å². The van der Waals surface area contributed by atoms with Gasteiger partial charge in [-0.3, -0.25) is 14.5 Å². The molecule has 1 saturated carbocycles. The lowest BCUT2D eigenvalue weighted by atomic mass is 9.94. The van der Waals surface area contributed by atoms with Gasteiger partial charge in [-0.1, -0.05) is 54.6 Å². The van der Waals surface area contributed by atoms with Crippen LogP contribution in [0.5, 0.6) is 0 Å². The van der Waals surface area contributed by atoms with Crippen molar-refractivity contribution in [2.75, 3.05) is 25.0 Å². The Labute approximate surface area is 199 Å². The smallest absolute Gasteiger partial charge is 0.238 e. The highest BCUT2D eigenvalue weighted by molar-refractivity contribution is 6.14. The molecule has 3 atom stereocenters. The summed E-state index contributed by atoms with van der Waals surface area (Å²) in [4.78, 5) is 30.9. The van der Waals surface area contributed by atoms with Crippen molar-refractivity contribution >= 4 is 28.3 Å². The lowest BCUT2D eigenvalue weighted by molar-refractivity contribution is -0.126. The Kier molecular flexibility index (Phi) is 4.26. The molecule has 3 aromatic rings. The lowest BCUT2D eigenvalue weighted by Gasteiger charge is -2.40. The molecule has 34 heavy (non-hydrogen) atoms. The Morgan fingerprint density at radius 2 is 1.76 bits per heavy atom. The van der Waals surface area contributed by atoms with Gasteiger partial charge in [0, 0.05) is 37.9 Å². The predicted molar refractivity (Wildman–Crippen MR) is 133 cm³/mol. The molecule has 2 aliphatic heterocycles. The number of nitrogens with zero attached hydrogens (tertiary/aromatic N) is 2. The number of carbonyl (C=O) groups is 2. The predicted octanol–water partition coefficient (Wildman–Crippen LogP) is 3.95. The Morgan fingerprint density at radius 3 is 2.56 bits per heavy atom. The summed E-state index contributed by atoms with van der Waals surface area (Å²) in [7, 11) is 1.66. The maximum atomic E-state index is 13.8. The van der Waals surface area contributed by atoms with Gasteiger partial charge >= 0.3 is 0 Å². The summed E-state index contributed by atoms with van der Waals surface area (Å²) in [6.07, 6.45) is 3.62. The third-order valence-corrected chi connectivity index (χ3v) is 8.87. The molecule has 1 saturated heterocycles. The largest absolute Gasteiger partial charge is 0.359 e. The van der Waals surface area contributed by atoms with Gasteiger partial charge in [0.25, 0.3) is 0 Å². The Hall–Kier alpha value is -3.18. The number of likely N-dealkylation sites (tertiary alicyclic amines) is 1. The number of fused-ring (bicyclic) bond motifs is 2. The van der Waals surface area contributed by atoms with Crippen LogP contribution in [0.2, 0.25) is 0 Å². The number of nitrogens with one attached hydrogen (secondary N) is 1. The van der Waals surface area contributed by atoms with Crippen molar-refractivity contribution < 1.29 is 9.59 Å². The van der Waals surface area contributed by atoms with Crippen LogP contribution in [-0.4, -0.2) is 42.9 Å². The highest BCUT2D eigenvalue weighted by atomic mass is 16.2. The molecule has 5 heteroatoms. The summed E-state index contributed by atoms with van der Waals surface area (Å²) in [6, 6.07) is 22.1. The molecule has 2 aliphatic carbocycles. The van der Waals surface area contributed by atoms with E-state index in [2.05, 4.69) is 63.6 Å². The van der Waals surface area contributed by atoms with Crippen LogP contribution in [0.1, 0.15) is 42.0 Å². The molecule has 2 amide bonds. The molecule has 1 N–H and O–H groups in total. The molecule has 172 valence electrons. The lowest BCUT2D eigenvalue weighted by Crippen LogP contribution is -2.48. The van der Waals surface area contributed by atoms with Crippen LogP contribution >= 0.6 is 0 Å². The summed E-state index contributed by atoms with van der Waals surface area (Å²) >= 11 is 0. The zero-order chi connectivity index (χ0) is 23.0. The van der Waals surface area contributed by atoms with Crippen LogP contribution in [0.4, 0.5) is 5.69 Å². The van der Waals surface area contributed by atoms with Crippen molar-refractivity contribution in [1.29, 1.82) is 0 Å². The van der Waals surface area contributed by atoms with E-state index in [9.17, 15) is 9.59 Å². The zero-order valence-corrected chi connectivity index (χ0v) is 19.5. The zero-order valence-electron chi connectivity index (χ0n) is 19.5. The minimum atomic E-state index is -0.642. The van der Waals surface area contributed by atoms with Crippen molar-refractivity contribution in [3.05, 3.63) is 77.4 Å². The molecule has 2 heterocycles. The number of benzene rings is 3. The van der Waals surface area contributed by atoms with Crippen molar-refractivity contribution in [2.24, 2.45) is 5.92 Å². The van der Waals surface area contributed by atoms with Gasteiger partial charge in [-0.05, 0) is 59.2 Å². The minimum Gasteiger partial charge on any atom is -0.359 e. The van der Waals surface area contributed by atoms with Gasteiger partial charge in [0.05, 0.1) is 11.3 Å². The Morgan fingerprint density at radius 1 is 1.00 bits per heavy atom. The minimum absolute atomic E-state index is 0.0187. The Balaban J connectivity index is 1.13. The second-order valence-corrected chi connectivity index (χ2v) is 10.4. The van der Waals surface area contributed by atoms with Crippen LogP contribution in [0.15, 0.2) is 60.7 Å². The molecule has 3 aromatic carbocycles. The first-order chi connectivity index (χ1) is 16.6. The molecule has 0 bridgehead atoms. The van der Waals surface area contributed by atoms with E-state index in [0.717, 1.165) is 43.6 Å². The van der Waals surface area contributed by atoms with Crippen LogP contribution in [0, 0.1) is 5.92 Å². The van der Waals surface area contributed by atoms with Crippen molar-refractivity contribution in [2.45, 2.75) is 43.2 Å². The normalized spacial score (nSPS) is 28.0. The summed E-state index contributed by atoms with van der Waals surface area (Å²) in [5.41, 5.74) is 4.35. The summed E-state index contributed by atoms with van der Waals surface area (Å²) in [5.74, 6) is -0.123. The standard InChI is InChI=1S/C29H29N3O2/c1-30-27(33)23-17-29(23)22-10-2-3-11-24(22)32(28(29)34)20-12-14-31(15-13-20)25-16-19-8-4-6-18-7-5-9-21(25)26(18)19/h2-11,20,23,25H,12-17H2,1H3,(H,30,33)/t23-,25?,29+/m0/s1. The molecule has 1 spiro atoms. The van der Waals surface area contributed by atoms with Crippen molar-refractivity contribution in [3.63, 3.8) is 0 Å². The fourth-order valence-corrected chi connectivity index (χ4v) is 7.15. The van der Waals surface area contributed by atoms with E-state index < -0.39 is 5.41 Å². The first kappa shape index (κ1) is 20.2. The SMILES string of the molecule is CNC(=O)[C@@H]1C[C@]12C(=O)N(C1CCN(C3Cc4cccc5cccc3c45)CC1)c1ccccc12. The number of hydrogen-bond acceptors (Lipinski definition) is 3. The monoisotopic (exact) mass is 451 g/mol. The van der Waals surface area contributed by atoms with Crippen LogP contribution in [0.3, 0.4) is 0 Å². The van der Waals surface area contributed by atoms with Crippen LogP contribution in [-0.2, 0) is 21.4 Å². The molecule has 0 radical (unpaired) electrons. The maximum absolute atomic E-state index is 13.8. The van der Waals surface area contributed by atoms with E-state index in [1.807, 2.05) is 12.1 Å². The number of anilines is 1. The average Bonchev–Trinajstić information content (AvgIpc) is 3.46. The molecule has 7 rings (SSSR count). The van der Waals surface area contributed by atoms with Crippen LogP contribution in [0.25, 0.3) is 10.8 Å². The number of carbonyl (C=O) groups excluding carboxylic acids is 2. The van der Waals surface area contributed by atoms with E-state index in [1.165, 1.54) is 21.9 Å². The maximum Gasteiger partial charge on any atom is 0.238 e. The molecule has 0 aromatic heterocycles. The summed E-state index contributed by atoms with van der Waals surface area (Å²) < 4.78 is 0. The van der Waals surface area contributed by atoms with Crippen LogP contribution < -0.4 is 10.2 Å². The fraction of sp³-hybridized carbons (Fsp3) is 0.379. The third kappa shape index (κ3) is 2.59. The van der Waals surface area contributed by atoms with Gasteiger partial charge < -0.3 is 10.2 Å². The first-order valence-electron chi connectivity index (χ1n) is 12.5. The molecular weight excluding hydrogens is 422 g/mol. The first-order valence-corrected chi connectivity index (χ1v) is 12.5. The highest BCUT2D eigenvalue weighted by Crippen LogP contribution is 2.62. The topological polar surface area (TPSA) is 52.7 Å². The fourth-order valence-electron chi connectivity index (χ4n) is 7.15. The molecule has 1 unspecified atom stereocenters. The van der Waals surface area contributed by atoms with Gasteiger partial charge in [0.1, 0.15) is 0 Å². The summed E-state index contributed by atoms with van der Waals surface area (Å²) in [6.45, 7) is 1.97. The highest BCUT2D eigenvalue weighted by Gasteiger charge is 2.70. The molecule has 2 fully saturated rings. The molecule has 4 aliphatic rings. The number of amides is 2. The van der Waals surface area contributed by atoms with E-state index in [0.29, 0.717) is 12.5 Å². The van der Waals surface area contributed by atoms with E-state index in [-0.39, 0.29) is 23.8 Å². The summed E-state index contributed by atoms with van der Waals surface area (Å²) in [5, 5.41) is 5.54. The second-order valence-electron chi connectivity index (χ2n) is 10.4. The Bertz CT molecular complexity index is 1340. The number of hydrogen-bond donors (Lipinski definition) is 1. The van der Waals surface area contributed by atoms with Gasteiger partial charge in [0.15, 0.2) is 0 Å². The van der Waals surface area contributed by atoms with E-state index in [4.69, 9.17) is 0 Å². The number of para-hydroxylation sites is 1. The third-order valence-electron chi connectivity index (χ3n) is 8.87. The van der Waals surface area contributed by atoms with Gasteiger partial charge in [-0.15, -0.1) is 0 Å². The number of rotatable bonds is 3.